The molecular weight excluding hydrogens is 204 g/mol. The van der Waals surface area contributed by atoms with Crippen molar-refractivity contribution in [3.8, 4) is 0 Å². The maximum Gasteiger partial charge on any atom is 0.221 e. The second kappa shape index (κ2) is 6.12. The number of nitrogens with one attached hydrogen (secondary N) is 2. The molecule has 0 saturated heterocycles. The summed E-state index contributed by atoms with van der Waals surface area (Å²) in [6.07, 6.45) is 0.377. The predicted octanol–water partition coefficient (Wildman–Crippen LogP) is 1.83. The molecule has 0 fully saturated rings. The second-order valence-corrected chi connectivity index (χ2v) is 3.70. The van der Waals surface area contributed by atoms with Crippen LogP contribution in [0.2, 0.25) is 0 Å². The van der Waals surface area contributed by atoms with Gasteiger partial charge in [-0.2, -0.15) is 0 Å². The highest BCUT2D eigenvalue weighted by atomic mass is 16.3. The van der Waals surface area contributed by atoms with Gasteiger partial charge in [-0.05, 0) is 24.6 Å². The Balaban J connectivity index is 2.56. The van der Waals surface area contributed by atoms with Gasteiger partial charge in [0.25, 0.3) is 0 Å². The minimum Gasteiger partial charge on any atom is -0.391 e. The smallest absolute Gasteiger partial charge is 0.221 e. The number of aliphatic hydroxyl groups is 1. The standard InChI is InChI=1S/C12H18N2O2/c1-3-12(16)8-13-10-5-4-6-11(7-10)14-9(2)15/h4-7,12-13,16H,3,8H2,1-2H3,(H,14,15). The molecule has 0 spiro atoms. The van der Waals surface area contributed by atoms with Crippen molar-refractivity contribution in [1.82, 2.24) is 0 Å². The number of rotatable bonds is 5. The van der Waals surface area contributed by atoms with Crippen molar-refractivity contribution in [3.05, 3.63) is 24.3 Å². The molecule has 1 unspecified atom stereocenters. The van der Waals surface area contributed by atoms with Crippen LogP contribution in [0.15, 0.2) is 24.3 Å². The third-order valence-corrected chi connectivity index (χ3v) is 2.20. The van der Waals surface area contributed by atoms with Crippen molar-refractivity contribution in [2.24, 2.45) is 0 Å². The van der Waals surface area contributed by atoms with Crippen molar-refractivity contribution in [2.75, 3.05) is 17.2 Å². The Labute approximate surface area is 95.7 Å². The maximum absolute atomic E-state index is 10.9. The summed E-state index contributed by atoms with van der Waals surface area (Å²) in [4.78, 5) is 10.9. The third-order valence-electron chi connectivity index (χ3n) is 2.20. The predicted molar refractivity (Wildman–Crippen MR) is 65.5 cm³/mol. The summed E-state index contributed by atoms with van der Waals surface area (Å²) < 4.78 is 0. The molecule has 0 aliphatic rings. The van der Waals surface area contributed by atoms with E-state index >= 15 is 0 Å². The van der Waals surface area contributed by atoms with Gasteiger partial charge >= 0.3 is 0 Å². The van der Waals surface area contributed by atoms with E-state index in [9.17, 15) is 9.90 Å². The number of hydrogen-bond acceptors (Lipinski definition) is 3. The van der Waals surface area contributed by atoms with E-state index < -0.39 is 0 Å². The topological polar surface area (TPSA) is 61.4 Å². The molecule has 0 heterocycles. The van der Waals surface area contributed by atoms with Gasteiger partial charge in [0, 0.05) is 24.8 Å². The molecule has 0 aliphatic heterocycles. The molecular formula is C12H18N2O2. The van der Waals surface area contributed by atoms with Crippen LogP contribution in [0.3, 0.4) is 0 Å². The molecule has 3 N–H and O–H groups in total. The van der Waals surface area contributed by atoms with Crippen molar-refractivity contribution >= 4 is 17.3 Å². The zero-order valence-electron chi connectivity index (χ0n) is 9.66. The van der Waals surface area contributed by atoms with Crippen LogP contribution < -0.4 is 10.6 Å². The monoisotopic (exact) mass is 222 g/mol. The summed E-state index contributed by atoms with van der Waals surface area (Å²) in [6, 6.07) is 7.41. The number of anilines is 2. The van der Waals surface area contributed by atoms with Gasteiger partial charge in [-0.15, -0.1) is 0 Å². The maximum atomic E-state index is 10.9. The van der Waals surface area contributed by atoms with E-state index in [1.54, 1.807) is 0 Å². The lowest BCUT2D eigenvalue weighted by Crippen LogP contribution is -2.18. The Morgan fingerprint density at radius 1 is 1.44 bits per heavy atom. The van der Waals surface area contributed by atoms with Gasteiger partial charge in [0.2, 0.25) is 5.91 Å². The van der Waals surface area contributed by atoms with Crippen LogP contribution in [-0.2, 0) is 4.79 Å². The SMILES string of the molecule is CCC(O)CNc1cccc(NC(C)=O)c1. The summed E-state index contributed by atoms with van der Waals surface area (Å²) in [7, 11) is 0. The molecule has 16 heavy (non-hydrogen) atoms. The van der Waals surface area contributed by atoms with Crippen LogP contribution in [0.5, 0.6) is 0 Å². The minimum atomic E-state index is -0.343. The molecule has 0 aliphatic carbocycles. The highest BCUT2D eigenvalue weighted by molar-refractivity contribution is 5.89. The number of carbonyl (C=O) groups is 1. The fourth-order valence-electron chi connectivity index (χ4n) is 1.29. The Morgan fingerprint density at radius 3 is 2.75 bits per heavy atom. The van der Waals surface area contributed by atoms with Crippen LogP contribution in [0.4, 0.5) is 11.4 Å². The molecule has 1 aromatic rings. The molecule has 1 rings (SSSR count). The Kier molecular flexibility index (Phi) is 4.79. The van der Waals surface area contributed by atoms with Crippen LogP contribution >= 0.6 is 0 Å². The van der Waals surface area contributed by atoms with Crippen molar-refractivity contribution in [3.63, 3.8) is 0 Å². The third kappa shape index (κ3) is 4.31. The first-order valence-corrected chi connectivity index (χ1v) is 5.41. The first kappa shape index (κ1) is 12.5. The van der Waals surface area contributed by atoms with E-state index in [1.807, 2.05) is 31.2 Å². The minimum absolute atomic E-state index is 0.0919. The van der Waals surface area contributed by atoms with Gasteiger partial charge in [0.15, 0.2) is 0 Å². The Bertz CT molecular complexity index is 353. The molecule has 1 amide bonds. The van der Waals surface area contributed by atoms with E-state index in [0.29, 0.717) is 6.54 Å². The molecule has 0 aromatic heterocycles. The van der Waals surface area contributed by atoms with Crippen molar-refractivity contribution in [2.45, 2.75) is 26.4 Å². The summed E-state index contributed by atoms with van der Waals surface area (Å²) in [5.41, 5.74) is 1.64. The average Bonchev–Trinajstić information content (AvgIpc) is 2.25. The first-order chi connectivity index (χ1) is 7.61. The average molecular weight is 222 g/mol. The zero-order valence-corrected chi connectivity index (χ0v) is 9.66. The fourth-order valence-corrected chi connectivity index (χ4v) is 1.29. The summed E-state index contributed by atoms with van der Waals surface area (Å²) in [5.74, 6) is -0.0919. The van der Waals surface area contributed by atoms with Gasteiger partial charge in [-0.1, -0.05) is 13.0 Å². The molecule has 1 atom stereocenters. The van der Waals surface area contributed by atoms with Crippen molar-refractivity contribution < 1.29 is 9.90 Å². The lowest BCUT2D eigenvalue weighted by Gasteiger charge is -2.11. The van der Waals surface area contributed by atoms with Gasteiger partial charge in [-0.3, -0.25) is 4.79 Å². The van der Waals surface area contributed by atoms with Crippen LogP contribution in [-0.4, -0.2) is 23.7 Å². The zero-order chi connectivity index (χ0) is 12.0. The Morgan fingerprint density at radius 2 is 2.12 bits per heavy atom. The van der Waals surface area contributed by atoms with Crippen LogP contribution in [0.25, 0.3) is 0 Å². The van der Waals surface area contributed by atoms with Gasteiger partial charge in [0.1, 0.15) is 0 Å². The summed E-state index contributed by atoms with van der Waals surface area (Å²) >= 11 is 0. The summed E-state index contributed by atoms with van der Waals surface area (Å²) in [6.45, 7) is 3.92. The van der Waals surface area contributed by atoms with Crippen molar-refractivity contribution in [1.29, 1.82) is 0 Å². The highest BCUT2D eigenvalue weighted by Gasteiger charge is 2.01. The number of aliphatic hydroxyl groups excluding tert-OH is 1. The van der Waals surface area contributed by atoms with E-state index in [4.69, 9.17) is 0 Å². The summed E-state index contributed by atoms with van der Waals surface area (Å²) in [5, 5.41) is 15.2. The molecule has 4 nitrogen and oxygen atoms in total. The second-order valence-electron chi connectivity index (χ2n) is 3.70. The Hall–Kier alpha value is -1.55. The fraction of sp³-hybridized carbons (Fsp3) is 0.417. The number of benzene rings is 1. The lowest BCUT2D eigenvalue weighted by molar-refractivity contribution is -0.114. The highest BCUT2D eigenvalue weighted by Crippen LogP contribution is 2.14. The van der Waals surface area contributed by atoms with Crippen LogP contribution in [0, 0.1) is 0 Å². The van der Waals surface area contributed by atoms with E-state index in [0.717, 1.165) is 17.8 Å². The molecule has 88 valence electrons. The lowest BCUT2D eigenvalue weighted by atomic mass is 10.2. The van der Waals surface area contributed by atoms with Crippen LogP contribution in [0.1, 0.15) is 20.3 Å². The molecule has 0 saturated carbocycles. The van der Waals surface area contributed by atoms with E-state index in [1.165, 1.54) is 6.92 Å². The van der Waals surface area contributed by atoms with Gasteiger partial charge in [-0.25, -0.2) is 0 Å². The molecule has 4 heteroatoms. The van der Waals surface area contributed by atoms with Gasteiger partial charge in [0.05, 0.1) is 6.10 Å². The quantitative estimate of drug-likeness (QED) is 0.712. The molecule has 0 radical (unpaired) electrons. The van der Waals surface area contributed by atoms with E-state index in [-0.39, 0.29) is 12.0 Å². The normalized spacial score (nSPS) is 11.9. The largest absolute Gasteiger partial charge is 0.391 e. The molecule has 0 bridgehead atoms. The van der Waals surface area contributed by atoms with E-state index in [2.05, 4.69) is 10.6 Å². The number of amides is 1. The first-order valence-electron chi connectivity index (χ1n) is 5.41. The number of hydrogen-bond donors (Lipinski definition) is 3. The van der Waals surface area contributed by atoms with Gasteiger partial charge < -0.3 is 15.7 Å². The molecule has 1 aromatic carbocycles. The number of carbonyl (C=O) groups excluding carboxylic acids is 1.